The Labute approximate surface area is 164 Å². The van der Waals surface area contributed by atoms with Crippen molar-refractivity contribution in [2.24, 2.45) is 0 Å². The largest absolute Gasteiger partial charge is 0.490 e. The van der Waals surface area contributed by atoms with Crippen molar-refractivity contribution in [1.82, 2.24) is 10.6 Å². The van der Waals surface area contributed by atoms with Gasteiger partial charge in [-0.1, -0.05) is 6.92 Å². The van der Waals surface area contributed by atoms with Crippen molar-refractivity contribution in [3.05, 3.63) is 17.7 Å². The number of carbonyl (C=O) groups is 3. The third-order valence-electron chi connectivity index (χ3n) is 3.27. The van der Waals surface area contributed by atoms with Gasteiger partial charge in [0.05, 0.1) is 25.4 Å². The van der Waals surface area contributed by atoms with E-state index in [9.17, 15) is 14.4 Å². The SMILES string of the molecule is CCCNC(=O)NC(=O)COC(=O)c1cc(OCC)c(OCC)c(OCC)c1. The highest BCUT2D eigenvalue weighted by Crippen LogP contribution is 2.39. The van der Waals surface area contributed by atoms with Crippen molar-refractivity contribution in [2.45, 2.75) is 34.1 Å². The second-order valence-corrected chi connectivity index (χ2v) is 5.48. The lowest BCUT2D eigenvalue weighted by Gasteiger charge is -2.16. The van der Waals surface area contributed by atoms with Crippen LogP contribution in [0.25, 0.3) is 0 Å². The van der Waals surface area contributed by atoms with Gasteiger partial charge in [0.2, 0.25) is 5.75 Å². The lowest BCUT2D eigenvalue weighted by Crippen LogP contribution is -2.41. The monoisotopic (exact) mass is 396 g/mol. The number of esters is 1. The van der Waals surface area contributed by atoms with Gasteiger partial charge in [-0.15, -0.1) is 0 Å². The van der Waals surface area contributed by atoms with Crippen LogP contribution in [-0.2, 0) is 9.53 Å². The zero-order chi connectivity index (χ0) is 20.9. The molecule has 3 amide bonds. The van der Waals surface area contributed by atoms with Crippen molar-refractivity contribution >= 4 is 17.9 Å². The second kappa shape index (κ2) is 12.4. The van der Waals surface area contributed by atoms with Crippen LogP contribution in [-0.4, -0.2) is 50.9 Å². The van der Waals surface area contributed by atoms with Gasteiger partial charge < -0.3 is 24.3 Å². The molecule has 0 spiro atoms. The molecule has 2 N–H and O–H groups in total. The summed E-state index contributed by atoms with van der Waals surface area (Å²) in [5.41, 5.74) is 0.138. The first-order valence-electron chi connectivity index (χ1n) is 9.27. The summed E-state index contributed by atoms with van der Waals surface area (Å²) < 4.78 is 21.6. The van der Waals surface area contributed by atoms with Gasteiger partial charge in [-0.3, -0.25) is 10.1 Å². The molecular weight excluding hydrogens is 368 g/mol. The standard InChI is InChI=1S/C19H28N2O7/c1-5-9-20-19(24)21-16(22)12-28-18(23)13-10-14(25-6-2)17(27-8-4)15(11-13)26-7-3/h10-11H,5-9,12H2,1-4H3,(H2,20,21,22,24). The Morgan fingerprint density at radius 3 is 1.96 bits per heavy atom. The number of amides is 3. The van der Waals surface area contributed by atoms with Crippen LogP contribution in [0.4, 0.5) is 4.79 Å². The molecule has 1 rings (SSSR count). The van der Waals surface area contributed by atoms with Gasteiger partial charge in [0, 0.05) is 6.54 Å². The van der Waals surface area contributed by atoms with E-state index >= 15 is 0 Å². The maximum absolute atomic E-state index is 12.3. The van der Waals surface area contributed by atoms with E-state index in [1.807, 2.05) is 13.8 Å². The van der Waals surface area contributed by atoms with Crippen LogP contribution in [0.2, 0.25) is 0 Å². The molecule has 0 aliphatic heterocycles. The minimum Gasteiger partial charge on any atom is -0.490 e. The number of carbonyl (C=O) groups excluding carboxylic acids is 3. The summed E-state index contributed by atoms with van der Waals surface area (Å²) in [6.45, 7) is 8.26. The molecule has 0 unspecified atom stereocenters. The Morgan fingerprint density at radius 1 is 0.893 bits per heavy atom. The average Bonchev–Trinajstić information content (AvgIpc) is 2.67. The summed E-state index contributed by atoms with van der Waals surface area (Å²) >= 11 is 0. The number of benzene rings is 1. The number of nitrogens with one attached hydrogen (secondary N) is 2. The van der Waals surface area contributed by atoms with E-state index in [-0.39, 0.29) is 5.56 Å². The number of urea groups is 1. The minimum atomic E-state index is -0.755. The third-order valence-corrected chi connectivity index (χ3v) is 3.27. The highest BCUT2D eigenvalue weighted by Gasteiger charge is 2.20. The fourth-order valence-corrected chi connectivity index (χ4v) is 2.17. The number of rotatable bonds is 11. The molecule has 1 aromatic rings. The maximum Gasteiger partial charge on any atom is 0.338 e. The second-order valence-electron chi connectivity index (χ2n) is 5.48. The fraction of sp³-hybridized carbons (Fsp3) is 0.526. The molecule has 0 atom stereocenters. The Bertz CT molecular complexity index is 649. The van der Waals surface area contributed by atoms with Crippen molar-refractivity contribution in [3.63, 3.8) is 0 Å². The van der Waals surface area contributed by atoms with Crippen molar-refractivity contribution < 1.29 is 33.3 Å². The van der Waals surface area contributed by atoms with Crippen LogP contribution in [0.15, 0.2) is 12.1 Å². The summed E-state index contributed by atoms with van der Waals surface area (Å²) in [5, 5.41) is 4.56. The molecule has 1 aromatic carbocycles. The molecule has 0 saturated heterocycles. The lowest BCUT2D eigenvalue weighted by molar-refractivity contribution is -0.123. The molecule has 0 fully saturated rings. The molecule has 0 heterocycles. The van der Waals surface area contributed by atoms with Gasteiger partial charge >= 0.3 is 12.0 Å². The van der Waals surface area contributed by atoms with Crippen LogP contribution < -0.4 is 24.8 Å². The average molecular weight is 396 g/mol. The predicted molar refractivity (Wildman–Crippen MR) is 102 cm³/mol. The highest BCUT2D eigenvalue weighted by molar-refractivity contribution is 5.97. The number of imide groups is 1. The van der Waals surface area contributed by atoms with E-state index in [0.717, 1.165) is 6.42 Å². The zero-order valence-corrected chi connectivity index (χ0v) is 16.8. The summed E-state index contributed by atoms with van der Waals surface area (Å²) in [5.74, 6) is -0.415. The fourth-order valence-electron chi connectivity index (χ4n) is 2.17. The van der Waals surface area contributed by atoms with Crippen LogP contribution in [0.5, 0.6) is 17.2 Å². The van der Waals surface area contributed by atoms with Crippen molar-refractivity contribution in [3.8, 4) is 17.2 Å². The van der Waals surface area contributed by atoms with Crippen LogP contribution >= 0.6 is 0 Å². The van der Waals surface area contributed by atoms with Crippen LogP contribution in [0, 0.1) is 0 Å². The summed E-state index contributed by atoms with van der Waals surface area (Å²) in [7, 11) is 0. The van der Waals surface area contributed by atoms with E-state index in [4.69, 9.17) is 18.9 Å². The van der Waals surface area contributed by atoms with E-state index < -0.39 is 24.5 Å². The van der Waals surface area contributed by atoms with Crippen LogP contribution in [0.3, 0.4) is 0 Å². The Balaban J connectivity index is 2.86. The van der Waals surface area contributed by atoms with Crippen molar-refractivity contribution in [2.75, 3.05) is 33.0 Å². The van der Waals surface area contributed by atoms with Crippen LogP contribution in [0.1, 0.15) is 44.5 Å². The number of hydrogen-bond acceptors (Lipinski definition) is 7. The number of hydrogen-bond donors (Lipinski definition) is 2. The first-order chi connectivity index (χ1) is 13.5. The summed E-state index contributed by atoms with van der Waals surface area (Å²) in [6.07, 6.45) is 0.735. The predicted octanol–water partition coefficient (Wildman–Crippen LogP) is 2.28. The zero-order valence-electron chi connectivity index (χ0n) is 16.8. The Kier molecular flexibility index (Phi) is 10.2. The number of ether oxygens (including phenoxy) is 4. The normalized spacial score (nSPS) is 10.0. The Hall–Kier alpha value is -2.97. The molecule has 0 aromatic heterocycles. The Morgan fingerprint density at radius 2 is 1.46 bits per heavy atom. The molecule has 156 valence electrons. The maximum atomic E-state index is 12.3. The van der Waals surface area contributed by atoms with E-state index in [1.165, 1.54) is 12.1 Å². The van der Waals surface area contributed by atoms with E-state index in [1.54, 1.807) is 13.8 Å². The van der Waals surface area contributed by atoms with Gasteiger partial charge in [-0.25, -0.2) is 9.59 Å². The highest BCUT2D eigenvalue weighted by atomic mass is 16.5. The smallest absolute Gasteiger partial charge is 0.338 e. The molecule has 0 aliphatic rings. The van der Waals surface area contributed by atoms with E-state index in [2.05, 4.69) is 10.6 Å². The quantitative estimate of drug-likeness (QED) is 0.552. The van der Waals surface area contributed by atoms with Gasteiger partial charge in [-0.05, 0) is 39.3 Å². The van der Waals surface area contributed by atoms with E-state index in [0.29, 0.717) is 43.6 Å². The lowest BCUT2D eigenvalue weighted by atomic mass is 10.2. The molecule has 9 heteroatoms. The molecule has 0 saturated carbocycles. The molecule has 0 radical (unpaired) electrons. The van der Waals surface area contributed by atoms with Crippen molar-refractivity contribution in [1.29, 1.82) is 0 Å². The third kappa shape index (κ3) is 7.34. The molecule has 9 nitrogen and oxygen atoms in total. The molecule has 0 aliphatic carbocycles. The molecule has 0 bridgehead atoms. The van der Waals surface area contributed by atoms with Gasteiger partial charge in [0.1, 0.15) is 0 Å². The van der Waals surface area contributed by atoms with Gasteiger partial charge in [0.25, 0.3) is 5.91 Å². The first-order valence-corrected chi connectivity index (χ1v) is 9.27. The van der Waals surface area contributed by atoms with Gasteiger partial charge in [-0.2, -0.15) is 0 Å². The molecular formula is C19H28N2O7. The summed E-state index contributed by atoms with van der Waals surface area (Å²) in [6, 6.07) is 2.29. The molecule has 28 heavy (non-hydrogen) atoms. The first kappa shape index (κ1) is 23.1. The topological polar surface area (TPSA) is 112 Å². The minimum absolute atomic E-state index is 0.138. The van der Waals surface area contributed by atoms with Gasteiger partial charge in [0.15, 0.2) is 18.1 Å². The summed E-state index contributed by atoms with van der Waals surface area (Å²) in [4.78, 5) is 35.5.